The first-order valence-electron chi connectivity index (χ1n) is 3.71. The molecule has 0 amide bonds. The van der Waals surface area contributed by atoms with Crippen LogP contribution in [0.15, 0.2) is 18.2 Å². The van der Waals surface area contributed by atoms with E-state index in [0.29, 0.717) is 5.39 Å². The number of rotatable bonds is 1. The number of carboxylic acids is 1. The van der Waals surface area contributed by atoms with Gasteiger partial charge in [-0.15, -0.1) is 11.3 Å². The molecule has 2 nitrogen and oxygen atoms in total. The highest BCUT2D eigenvalue weighted by Crippen LogP contribution is 2.36. The number of hydrogen-bond acceptors (Lipinski definition) is 2. The lowest BCUT2D eigenvalue weighted by Gasteiger charge is -1.90. The summed E-state index contributed by atoms with van der Waals surface area (Å²) in [4.78, 5) is 10.7. The molecule has 1 aromatic heterocycles. The minimum Gasteiger partial charge on any atom is -0.477 e. The minimum atomic E-state index is -1.13. The van der Waals surface area contributed by atoms with Gasteiger partial charge in [-0.1, -0.05) is 23.7 Å². The summed E-state index contributed by atoms with van der Waals surface area (Å²) in [6.45, 7) is 0. The molecule has 0 aliphatic heterocycles. The van der Waals surface area contributed by atoms with Crippen molar-refractivity contribution in [3.8, 4) is 0 Å². The van der Waals surface area contributed by atoms with Crippen molar-refractivity contribution in [3.05, 3.63) is 33.9 Å². The monoisotopic (exact) mass is 230 g/mol. The minimum absolute atomic E-state index is 0.0215. The molecule has 0 radical (unpaired) electrons. The summed E-state index contributed by atoms with van der Waals surface area (Å²) in [5, 5.41) is 9.32. The van der Waals surface area contributed by atoms with E-state index in [1.54, 1.807) is 6.07 Å². The zero-order chi connectivity index (χ0) is 10.3. The Kier molecular flexibility index (Phi) is 2.17. The summed E-state index contributed by atoms with van der Waals surface area (Å²) in [6.07, 6.45) is 0. The van der Waals surface area contributed by atoms with Gasteiger partial charge in [-0.2, -0.15) is 0 Å². The fourth-order valence-corrected chi connectivity index (χ4v) is 2.54. The molecule has 0 unspecified atom stereocenters. The van der Waals surface area contributed by atoms with E-state index in [-0.39, 0.29) is 14.6 Å². The quantitative estimate of drug-likeness (QED) is 0.815. The first-order valence-corrected chi connectivity index (χ1v) is 4.90. The smallest absolute Gasteiger partial charge is 0.347 e. The molecule has 1 heterocycles. The SMILES string of the molecule is O=C(O)c1sc2c(F)cccc2c1Cl. The first kappa shape index (κ1) is 9.43. The van der Waals surface area contributed by atoms with Gasteiger partial charge in [-0.25, -0.2) is 9.18 Å². The van der Waals surface area contributed by atoms with Crippen LogP contribution in [0.2, 0.25) is 5.02 Å². The van der Waals surface area contributed by atoms with Crippen molar-refractivity contribution in [1.82, 2.24) is 0 Å². The molecular formula is C9H4ClFO2S. The van der Waals surface area contributed by atoms with Gasteiger partial charge in [0, 0.05) is 5.39 Å². The van der Waals surface area contributed by atoms with Crippen LogP contribution in [0.25, 0.3) is 10.1 Å². The summed E-state index contributed by atoms with van der Waals surface area (Å²) in [5.41, 5.74) is 0. The molecular weight excluding hydrogens is 227 g/mol. The molecule has 0 fully saturated rings. The summed E-state index contributed by atoms with van der Waals surface area (Å²) < 4.78 is 13.5. The fourth-order valence-electron chi connectivity index (χ4n) is 1.19. The van der Waals surface area contributed by atoms with Crippen LogP contribution in [0.4, 0.5) is 4.39 Å². The lowest BCUT2D eigenvalue weighted by Crippen LogP contribution is -1.91. The third-order valence-electron chi connectivity index (χ3n) is 1.80. The Bertz CT molecular complexity index is 521. The van der Waals surface area contributed by atoms with Crippen molar-refractivity contribution in [2.45, 2.75) is 0 Å². The van der Waals surface area contributed by atoms with Crippen LogP contribution in [0, 0.1) is 5.82 Å². The molecule has 2 aromatic rings. The summed E-state index contributed by atoms with van der Waals surface area (Å²) in [5.74, 6) is -1.57. The van der Waals surface area contributed by atoms with Gasteiger partial charge < -0.3 is 5.11 Å². The molecule has 0 saturated carbocycles. The topological polar surface area (TPSA) is 37.3 Å². The highest BCUT2D eigenvalue weighted by atomic mass is 35.5. The maximum Gasteiger partial charge on any atom is 0.347 e. The number of carbonyl (C=O) groups is 1. The third-order valence-corrected chi connectivity index (χ3v) is 3.51. The predicted octanol–water partition coefficient (Wildman–Crippen LogP) is 3.39. The molecule has 1 N–H and O–H groups in total. The Morgan fingerprint density at radius 2 is 2.21 bits per heavy atom. The molecule has 0 aliphatic rings. The zero-order valence-corrected chi connectivity index (χ0v) is 8.32. The molecule has 0 atom stereocenters. The number of halogens is 2. The Balaban J connectivity index is 2.86. The maximum atomic E-state index is 13.2. The standard InChI is InChI=1S/C9H4ClFO2S/c10-6-4-2-1-3-5(11)7(4)14-8(6)9(12)13/h1-3H,(H,12,13). The summed E-state index contributed by atoms with van der Waals surface area (Å²) in [7, 11) is 0. The molecule has 0 spiro atoms. The molecule has 14 heavy (non-hydrogen) atoms. The number of benzene rings is 1. The van der Waals surface area contributed by atoms with Crippen molar-refractivity contribution in [3.63, 3.8) is 0 Å². The van der Waals surface area contributed by atoms with Gasteiger partial charge in [0.05, 0.1) is 9.72 Å². The van der Waals surface area contributed by atoms with E-state index < -0.39 is 11.8 Å². The Labute approximate surface area is 87.5 Å². The zero-order valence-electron chi connectivity index (χ0n) is 6.75. The fraction of sp³-hybridized carbons (Fsp3) is 0. The van der Waals surface area contributed by atoms with Crippen molar-refractivity contribution in [2.75, 3.05) is 0 Å². The Morgan fingerprint density at radius 1 is 1.50 bits per heavy atom. The van der Waals surface area contributed by atoms with Crippen molar-refractivity contribution in [2.24, 2.45) is 0 Å². The summed E-state index contributed by atoms with van der Waals surface area (Å²) >= 11 is 6.64. The highest BCUT2D eigenvalue weighted by Gasteiger charge is 2.17. The van der Waals surface area contributed by atoms with Crippen molar-refractivity contribution >= 4 is 39.0 Å². The number of aromatic carboxylic acids is 1. The van der Waals surface area contributed by atoms with Crippen LogP contribution in [0.1, 0.15) is 9.67 Å². The van der Waals surface area contributed by atoms with Gasteiger partial charge in [-0.3, -0.25) is 0 Å². The average molecular weight is 231 g/mol. The van der Waals surface area contributed by atoms with Crippen molar-refractivity contribution < 1.29 is 14.3 Å². The largest absolute Gasteiger partial charge is 0.477 e. The highest BCUT2D eigenvalue weighted by molar-refractivity contribution is 7.21. The second-order valence-corrected chi connectivity index (χ2v) is 4.07. The van der Waals surface area contributed by atoms with Crippen LogP contribution in [0.5, 0.6) is 0 Å². The number of thiophene rings is 1. The normalized spacial score (nSPS) is 10.7. The number of carboxylic acid groups (broad SMARTS) is 1. The van der Waals surface area contributed by atoms with Crippen LogP contribution < -0.4 is 0 Å². The summed E-state index contributed by atoms with van der Waals surface area (Å²) in [6, 6.07) is 4.38. The average Bonchev–Trinajstić information content (AvgIpc) is 2.46. The van der Waals surface area contributed by atoms with Crippen LogP contribution >= 0.6 is 22.9 Å². The second kappa shape index (κ2) is 3.22. The maximum absolute atomic E-state index is 13.2. The van der Waals surface area contributed by atoms with Crippen LogP contribution in [0.3, 0.4) is 0 Å². The predicted molar refractivity (Wildman–Crippen MR) is 53.8 cm³/mol. The first-order chi connectivity index (χ1) is 6.61. The van der Waals surface area contributed by atoms with Crippen molar-refractivity contribution in [1.29, 1.82) is 0 Å². The van der Waals surface area contributed by atoms with E-state index in [9.17, 15) is 9.18 Å². The third kappa shape index (κ3) is 1.27. The van der Waals surface area contributed by atoms with E-state index in [4.69, 9.17) is 16.7 Å². The van der Waals surface area contributed by atoms with Gasteiger partial charge in [0.1, 0.15) is 10.7 Å². The molecule has 72 valence electrons. The van der Waals surface area contributed by atoms with E-state index in [1.807, 2.05) is 0 Å². The van der Waals surface area contributed by atoms with Crippen LogP contribution in [-0.2, 0) is 0 Å². The van der Waals surface area contributed by atoms with Gasteiger partial charge in [0.15, 0.2) is 0 Å². The number of hydrogen-bond donors (Lipinski definition) is 1. The molecule has 1 aromatic carbocycles. The van der Waals surface area contributed by atoms with Gasteiger partial charge in [-0.05, 0) is 6.07 Å². The molecule has 2 rings (SSSR count). The molecule has 0 saturated heterocycles. The van der Waals surface area contributed by atoms with Crippen LogP contribution in [-0.4, -0.2) is 11.1 Å². The molecule has 0 bridgehead atoms. The lowest BCUT2D eigenvalue weighted by molar-refractivity contribution is 0.0702. The molecule has 0 aliphatic carbocycles. The van der Waals surface area contributed by atoms with E-state index in [1.165, 1.54) is 12.1 Å². The van der Waals surface area contributed by atoms with Gasteiger partial charge >= 0.3 is 5.97 Å². The van der Waals surface area contributed by atoms with E-state index in [0.717, 1.165) is 11.3 Å². The van der Waals surface area contributed by atoms with E-state index >= 15 is 0 Å². The van der Waals surface area contributed by atoms with Gasteiger partial charge in [0.2, 0.25) is 0 Å². The van der Waals surface area contributed by atoms with Gasteiger partial charge in [0.25, 0.3) is 0 Å². The lowest BCUT2D eigenvalue weighted by atomic mass is 10.2. The molecule has 5 heteroatoms. The second-order valence-electron chi connectivity index (χ2n) is 2.67. The number of fused-ring (bicyclic) bond motifs is 1. The Hall–Kier alpha value is -1.13. The Morgan fingerprint density at radius 3 is 2.79 bits per heavy atom. The van der Waals surface area contributed by atoms with E-state index in [2.05, 4.69) is 0 Å².